The first-order valence-electron chi connectivity index (χ1n) is 10.5. The van der Waals surface area contributed by atoms with E-state index in [1.807, 2.05) is 0 Å². The molecule has 1 aromatic carbocycles. The molecule has 0 saturated heterocycles. The lowest BCUT2D eigenvalue weighted by Gasteiger charge is -2.18. The van der Waals surface area contributed by atoms with Gasteiger partial charge in [-0.1, -0.05) is 25.5 Å². The van der Waals surface area contributed by atoms with Gasteiger partial charge in [-0.25, -0.2) is 4.99 Å². The summed E-state index contributed by atoms with van der Waals surface area (Å²) in [6.45, 7) is 10.0. The number of hydrogen-bond donors (Lipinski definition) is 3. The smallest absolute Gasteiger partial charge is 0.191 e. The van der Waals surface area contributed by atoms with Crippen LogP contribution in [0, 0.1) is 12.8 Å². The van der Waals surface area contributed by atoms with E-state index in [1.54, 1.807) is 7.11 Å². The van der Waals surface area contributed by atoms with Crippen LogP contribution in [0.5, 0.6) is 5.75 Å². The van der Waals surface area contributed by atoms with Crippen LogP contribution < -0.4 is 15.4 Å². The minimum atomic E-state index is 0.229. The first kappa shape index (κ1) is 24.2. The number of guanidine groups is 1. The van der Waals surface area contributed by atoms with Gasteiger partial charge in [0, 0.05) is 45.4 Å². The minimum Gasteiger partial charge on any atom is -0.493 e. The summed E-state index contributed by atoms with van der Waals surface area (Å²) in [5.41, 5.74) is 2.24. The van der Waals surface area contributed by atoms with E-state index in [4.69, 9.17) is 14.5 Å². The van der Waals surface area contributed by atoms with Crippen molar-refractivity contribution in [3.8, 4) is 5.75 Å². The monoisotopic (exact) mass is 393 g/mol. The molecule has 0 radical (unpaired) electrons. The Morgan fingerprint density at radius 2 is 2.00 bits per heavy atom. The maximum atomic E-state index is 9.25. The second-order valence-electron chi connectivity index (χ2n) is 7.05. The quantitative estimate of drug-likeness (QED) is 0.257. The van der Waals surface area contributed by atoms with Crippen molar-refractivity contribution in [3.05, 3.63) is 29.3 Å². The second-order valence-corrected chi connectivity index (χ2v) is 7.05. The van der Waals surface area contributed by atoms with E-state index in [0.29, 0.717) is 25.7 Å². The molecule has 160 valence electrons. The van der Waals surface area contributed by atoms with E-state index in [0.717, 1.165) is 56.0 Å². The molecule has 0 aliphatic heterocycles. The number of methoxy groups -OCH3 is 1. The summed E-state index contributed by atoms with van der Waals surface area (Å²) in [7, 11) is 1.70. The summed E-state index contributed by atoms with van der Waals surface area (Å²) in [5.74, 6) is 2.14. The number of rotatable bonds is 14. The Morgan fingerprint density at radius 1 is 1.18 bits per heavy atom. The predicted octanol–water partition coefficient (Wildman–Crippen LogP) is 3.26. The largest absolute Gasteiger partial charge is 0.493 e. The van der Waals surface area contributed by atoms with Crippen LogP contribution in [0.4, 0.5) is 0 Å². The van der Waals surface area contributed by atoms with Crippen molar-refractivity contribution in [2.24, 2.45) is 10.9 Å². The minimum absolute atomic E-state index is 0.229. The summed E-state index contributed by atoms with van der Waals surface area (Å²) in [4.78, 5) is 4.74. The fraction of sp³-hybridized carbons (Fsp3) is 0.682. The molecule has 1 unspecified atom stereocenters. The van der Waals surface area contributed by atoms with Crippen LogP contribution in [0.15, 0.2) is 23.2 Å². The lowest BCUT2D eigenvalue weighted by atomic mass is 10.0. The van der Waals surface area contributed by atoms with E-state index in [1.165, 1.54) is 5.56 Å². The molecule has 0 aromatic heterocycles. The van der Waals surface area contributed by atoms with E-state index in [-0.39, 0.29) is 6.61 Å². The molecule has 0 saturated carbocycles. The van der Waals surface area contributed by atoms with Crippen LogP contribution in [0.25, 0.3) is 0 Å². The van der Waals surface area contributed by atoms with E-state index in [2.05, 4.69) is 49.6 Å². The third-order valence-corrected chi connectivity index (χ3v) is 4.52. The molecule has 0 aliphatic carbocycles. The summed E-state index contributed by atoms with van der Waals surface area (Å²) in [5, 5.41) is 16.0. The van der Waals surface area contributed by atoms with E-state index < -0.39 is 0 Å². The highest BCUT2D eigenvalue weighted by atomic mass is 16.5. The predicted molar refractivity (Wildman–Crippen MR) is 116 cm³/mol. The van der Waals surface area contributed by atoms with Gasteiger partial charge in [-0.3, -0.25) is 0 Å². The normalized spacial score (nSPS) is 12.7. The van der Waals surface area contributed by atoms with Gasteiger partial charge in [0.2, 0.25) is 0 Å². The maximum Gasteiger partial charge on any atom is 0.191 e. The molecule has 1 rings (SSSR count). The fourth-order valence-electron chi connectivity index (χ4n) is 3.00. The highest BCUT2D eigenvalue weighted by Crippen LogP contribution is 2.21. The van der Waals surface area contributed by atoms with Gasteiger partial charge in [0.15, 0.2) is 5.96 Å². The second kappa shape index (κ2) is 15.2. The summed E-state index contributed by atoms with van der Waals surface area (Å²) < 4.78 is 11.0. The number of benzene rings is 1. The zero-order chi connectivity index (χ0) is 20.6. The molecule has 0 aliphatic rings. The number of aryl methyl sites for hydroxylation is 1. The fourth-order valence-corrected chi connectivity index (χ4v) is 3.00. The molecule has 0 bridgehead atoms. The number of hydrogen-bond acceptors (Lipinski definition) is 4. The molecule has 1 aromatic rings. The molecule has 6 heteroatoms. The van der Waals surface area contributed by atoms with Gasteiger partial charge in [0.25, 0.3) is 0 Å². The van der Waals surface area contributed by atoms with Gasteiger partial charge in [-0.2, -0.15) is 0 Å². The third-order valence-electron chi connectivity index (χ3n) is 4.52. The summed E-state index contributed by atoms with van der Waals surface area (Å²) in [6.07, 6.45) is 3.90. The molecule has 3 N–H and O–H groups in total. The molecule has 28 heavy (non-hydrogen) atoms. The highest BCUT2D eigenvalue weighted by Gasteiger charge is 2.09. The molecule has 0 spiro atoms. The number of nitrogens with zero attached hydrogens (tertiary/aromatic N) is 1. The average Bonchev–Trinajstić information content (AvgIpc) is 2.68. The zero-order valence-electron chi connectivity index (χ0n) is 18.1. The Morgan fingerprint density at radius 3 is 2.68 bits per heavy atom. The van der Waals surface area contributed by atoms with Crippen LogP contribution >= 0.6 is 0 Å². The summed E-state index contributed by atoms with van der Waals surface area (Å²) >= 11 is 0. The van der Waals surface area contributed by atoms with Crippen molar-refractivity contribution in [3.63, 3.8) is 0 Å². The topological polar surface area (TPSA) is 75.1 Å². The van der Waals surface area contributed by atoms with Crippen molar-refractivity contribution in [1.82, 2.24) is 10.6 Å². The van der Waals surface area contributed by atoms with Crippen molar-refractivity contribution in [1.29, 1.82) is 0 Å². The lowest BCUT2D eigenvalue weighted by molar-refractivity contribution is 0.172. The molecule has 0 amide bonds. The van der Waals surface area contributed by atoms with Crippen LogP contribution in [0.2, 0.25) is 0 Å². The van der Waals surface area contributed by atoms with Gasteiger partial charge in [-0.15, -0.1) is 0 Å². The maximum absolute atomic E-state index is 9.25. The SMILES string of the molecule is CCCC(CCO)CNC(=NCc1ccc(C)cc1OCCCOC)NCC. The molecule has 6 nitrogen and oxygen atoms in total. The Bertz CT molecular complexity index is 558. The number of aliphatic hydroxyl groups excluding tert-OH is 1. The third kappa shape index (κ3) is 9.95. The molecular formula is C22H39N3O3. The standard InChI is InChI=1S/C22H39N3O3/c1-5-8-19(11-12-26)16-24-22(23-6-2)25-17-20-10-9-18(3)15-21(20)28-14-7-13-27-4/h9-10,15,19,26H,5-8,11-14,16-17H2,1-4H3,(H2,23,24,25). The van der Waals surface area contributed by atoms with Crippen molar-refractivity contribution in [2.75, 3.05) is 40.0 Å². The van der Waals surface area contributed by atoms with E-state index >= 15 is 0 Å². The first-order valence-corrected chi connectivity index (χ1v) is 10.5. The van der Waals surface area contributed by atoms with Gasteiger partial charge < -0.3 is 25.2 Å². The van der Waals surface area contributed by atoms with Gasteiger partial charge in [0.05, 0.1) is 13.2 Å². The number of ether oxygens (including phenoxy) is 2. The molecule has 1 atom stereocenters. The van der Waals surface area contributed by atoms with Crippen molar-refractivity contribution < 1.29 is 14.6 Å². The Kier molecular flexibility index (Phi) is 13.1. The zero-order valence-corrected chi connectivity index (χ0v) is 18.1. The van der Waals surface area contributed by atoms with Crippen LogP contribution in [0.1, 0.15) is 50.7 Å². The van der Waals surface area contributed by atoms with Crippen LogP contribution in [0.3, 0.4) is 0 Å². The lowest BCUT2D eigenvalue weighted by Crippen LogP contribution is -2.40. The van der Waals surface area contributed by atoms with Gasteiger partial charge in [0.1, 0.15) is 5.75 Å². The number of aliphatic imine (C=N–C) groups is 1. The molecule has 0 fully saturated rings. The first-order chi connectivity index (χ1) is 13.6. The Labute approximate surface area is 170 Å². The Balaban J connectivity index is 2.74. The van der Waals surface area contributed by atoms with Crippen LogP contribution in [-0.4, -0.2) is 51.1 Å². The number of aliphatic hydroxyl groups is 1. The van der Waals surface area contributed by atoms with Gasteiger partial charge in [-0.05, 0) is 44.2 Å². The van der Waals surface area contributed by atoms with Crippen molar-refractivity contribution >= 4 is 5.96 Å². The van der Waals surface area contributed by atoms with Gasteiger partial charge >= 0.3 is 0 Å². The highest BCUT2D eigenvalue weighted by molar-refractivity contribution is 5.79. The van der Waals surface area contributed by atoms with Crippen LogP contribution in [-0.2, 0) is 11.3 Å². The Hall–Kier alpha value is -1.79. The molecular weight excluding hydrogens is 354 g/mol. The van der Waals surface area contributed by atoms with Crippen molar-refractivity contribution in [2.45, 2.75) is 53.0 Å². The molecule has 0 heterocycles. The van der Waals surface area contributed by atoms with E-state index in [9.17, 15) is 5.11 Å². The average molecular weight is 394 g/mol. The number of nitrogens with one attached hydrogen (secondary N) is 2. The summed E-state index contributed by atoms with van der Waals surface area (Å²) in [6, 6.07) is 6.24.